The van der Waals surface area contributed by atoms with Crippen LogP contribution >= 0.6 is 15.9 Å². The Bertz CT molecular complexity index is 388. The highest BCUT2D eigenvalue weighted by molar-refractivity contribution is 9.09. The standard InChI is InChI=1S/C15H22BrNO/c1-4-13(5-2)17(11-10-16)15(18)14-9-7-6-8-12(14)3/h6-9,13H,4-5,10-11H2,1-3H3. The van der Waals surface area contributed by atoms with Crippen LogP contribution in [0.25, 0.3) is 0 Å². The van der Waals surface area contributed by atoms with Crippen LogP contribution in [0.5, 0.6) is 0 Å². The Balaban J connectivity index is 2.99. The third-order valence-corrected chi connectivity index (χ3v) is 3.70. The van der Waals surface area contributed by atoms with E-state index in [0.29, 0.717) is 6.04 Å². The van der Waals surface area contributed by atoms with Crippen LogP contribution in [0.1, 0.15) is 42.6 Å². The van der Waals surface area contributed by atoms with Gasteiger partial charge in [-0.2, -0.15) is 0 Å². The van der Waals surface area contributed by atoms with Crippen molar-refractivity contribution in [2.75, 3.05) is 11.9 Å². The molecule has 100 valence electrons. The molecule has 0 saturated carbocycles. The molecule has 2 nitrogen and oxygen atoms in total. The number of amides is 1. The van der Waals surface area contributed by atoms with Crippen molar-refractivity contribution in [2.45, 2.75) is 39.7 Å². The van der Waals surface area contributed by atoms with Crippen LogP contribution in [0.15, 0.2) is 24.3 Å². The van der Waals surface area contributed by atoms with E-state index in [-0.39, 0.29) is 5.91 Å². The number of halogens is 1. The van der Waals surface area contributed by atoms with Gasteiger partial charge in [0.25, 0.3) is 5.91 Å². The number of alkyl halides is 1. The Morgan fingerprint density at radius 3 is 2.39 bits per heavy atom. The summed E-state index contributed by atoms with van der Waals surface area (Å²) in [4.78, 5) is 14.6. The van der Waals surface area contributed by atoms with E-state index >= 15 is 0 Å². The zero-order valence-corrected chi connectivity index (χ0v) is 13.0. The zero-order valence-electron chi connectivity index (χ0n) is 11.4. The van der Waals surface area contributed by atoms with E-state index in [4.69, 9.17) is 0 Å². The molecule has 1 aromatic rings. The molecular weight excluding hydrogens is 290 g/mol. The third kappa shape index (κ3) is 3.58. The molecule has 0 bridgehead atoms. The van der Waals surface area contributed by atoms with Gasteiger partial charge in [-0.1, -0.05) is 48.0 Å². The molecule has 18 heavy (non-hydrogen) atoms. The maximum absolute atomic E-state index is 12.6. The molecule has 0 N–H and O–H groups in total. The minimum atomic E-state index is 0.154. The van der Waals surface area contributed by atoms with Crippen LogP contribution < -0.4 is 0 Å². The lowest BCUT2D eigenvalue weighted by molar-refractivity contribution is 0.0682. The molecule has 3 heteroatoms. The second-order valence-corrected chi connectivity index (χ2v) is 5.27. The van der Waals surface area contributed by atoms with Gasteiger partial charge in [-0.15, -0.1) is 0 Å². The number of nitrogens with zero attached hydrogens (tertiary/aromatic N) is 1. The number of aryl methyl sites for hydroxylation is 1. The highest BCUT2D eigenvalue weighted by Gasteiger charge is 2.22. The molecule has 1 rings (SSSR count). The molecule has 1 amide bonds. The SMILES string of the molecule is CCC(CC)N(CCBr)C(=O)c1ccccc1C. The van der Waals surface area contributed by atoms with Gasteiger partial charge in [0.05, 0.1) is 0 Å². The molecule has 0 aliphatic carbocycles. The molecular formula is C15H22BrNO. The molecule has 0 spiro atoms. The van der Waals surface area contributed by atoms with Gasteiger partial charge < -0.3 is 4.90 Å². The van der Waals surface area contributed by atoms with Gasteiger partial charge in [0, 0.05) is 23.5 Å². The highest BCUT2D eigenvalue weighted by Crippen LogP contribution is 2.16. The Kier molecular flexibility index (Phi) is 6.41. The summed E-state index contributed by atoms with van der Waals surface area (Å²) in [5.74, 6) is 0.154. The van der Waals surface area contributed by atoms with E-state index in [2.05, 4.69) is 29.8 Å². The zero-order chi connectivity index (χ0) is 13.5. The van der Waals surface area contributed by atoms with Crippen molar-refractivity contribution in [3.63, 3.8) is 0 Å². The Morgan fingerprint density at radius 1 is 1.28 bits per heavy atom. The molecule has 0 unspecified atom stereocenters. The van der Waals surface area contributed by atoms with E-state index in [1.54, 1.807) is 0 Å². The quantitative estimate of drug-likeness (QED) is 0.727. The van der Waals surface area contributed by atoms with Crippen LogP contribution in [-0.4, -0.2) is 28.7 Å². The number of hydrogen-bond acceptors (Lipinski definition) is 1. The highest BCUT2D eigenvalue weighted by atomic mass is 79.9. The topological polar surface area (TPSA) is 20.3 Å². The van der Waals surface area contributed by atoms with Crippen molar-refractivity contribution in [1.29, 1.82) is 0 Å². The first-order valence-electron chi connectivity index (χ1n) is 6.58. The van der Waals surface area contributed by atoms with Gasteiger partial charge in [0.2, 0.25) is 0 Å². The number of carbonyl (C=O) groups excluding carboxylic acids is 1. The van der Waals surface area contributed by atoms with Gasteiger partial charge in [-0.3, -0.25) is 4.79 Å². The predicted molar refractivity (Wildman–Crippen MR) is 80.4 cm³/mol. The summed E-state index contributed by atoms with van der Waals surface area (Å²) in [6.45, 7) is 7.03. The Morgan fingerprint density at radius 2 is 1.89 bits per heavy atom. The molecule has 0 saturated heterocycles. The minimum absolute atomic E-state index is 0.154. The van der Waals surface area contributed by atoms with E-state index in [9.17, 15) is 4.79 Å². The number of hydrogen-bond donors (Lipinski definition) is 0. The van der Waals surface area contributed by atoms with Crippen LogP contribution in [0, 0.1) is 6.92 Å². The molecule has 0 atom stereocenters. The molecule has 0 fully saturated rings. The van der Waals surface area contributed by atoms with Crippen LogP contribution in [-0.2, 0) is 0 Å². The Labute approximate surface area is 119 Å². The minimum Gasteiger partial charge on any atom is -0.335 e. The number of rotatable bonds is 6. The van der Waals surface area contributed by atoms with E-state index < -0.39 is 0 Å². The monoisotopic (exact) mass is 311 g/mol. The maximum atomic E-state index is 12.6. The fraction of sp³-hybridized carbons (Fsp3) is 0.533. The molecule has 0 aromatic heterocycles. The molecule has 1 aromatic carbocycles. The van der Waals surface area contributed by atoms with Crippen molar-refractivity contribution in [3.05, 3.63) is 35.4 Å². The fourth-order valence-electron chi connectivity index (χ4n) is 2.24. The van der Waals surface area contributed by atoms with Gasteiger partial charge in [0.1, 0.15) is 0 Å². The largest absolute Gasteiger partial charge is 0.335 e. The summed E-state index contributed by atoms with van der Waals surface area (Å²) in [5, 5.41) is 0.821. The lowest BCUT2D eigenvalue weighted by Crippen LogP contribution is -2.41. The molecule has 0 radical (unpaired) electrons. The van der Waals surface area contributed by atoms with E-state index in [1.165, 1.54) is 0 Å². The second kappa shape index (κ2) is 7.57. The first kappa shape index (κ1) is 15.2. The van der Waals surface area contributed by atoms with Crippen molar-refractivity contribution >= 4 is 21.8 Å². The fourth-order valence-corrected chi connectivity index (χ4v) is 2.62. The number of carbonyl (C=O) groups is 1. The average Bonchev–Trinajstić information content (AvgIpc) is 2.39. The normalized spacial score (nSPS) is 10.7. The molecule has 0 heterocycles. The summed E-state index contributed by atoms with van der Waals surface area (Å²) >= 11 is 3.44. The Hall–Kier alpha value is -0.830. The summed E-state index contributed by atoms with van der Waals surface area (Å²) < 4.78 is 0. The first-order chi connectivity index (χ1) is 8.65. The lowest BCUT2D eigenvalue weighted by Gasteiger charge is -2.30. The first-order valence-corrected chi connectivity index (χ1v) is 7.70. The molecule has 0 aliphatic heterocycles. The van der Waals surface area contributed by atoms with Gasteiger partial charge in [-0.25, -0.2) is 0 Å². The predicted octanol–water partition coefficient (Wildman–Crippen LogP) is 4.02. The maximum Gasteiger partial charge on any atom is 0.254 e. The summed E-state index contributed by atoms with van der Waals surface area (Å²) in [5.41, 5.74) is 1.87. The van der Waals surface area contributed by atoms with Gasteiger partial charge in [0.15, 0.2) is 0 Å². The van der Waals surface area contributed by atoms with Crippen LogP contribution in [0.3, 0.4) is 0 Å². The summed E-state index contributed by atoms with van der Waals surface area (Å²) in [7, 11) is 0. The lowest BCUT2D eigenvalue weighted by atomic mass is 10.0. The van der Waals surface area contributed by atoms with Crippen molar-refractivity contribution in [1.82, 2.24) is 4.90 Å². The van der Waals surface area contributed by atoms with E-state index in [1.807, 2.05) is 36.1 Å². The van der Waals surface area contributed by atoms with Crippen molar-refractivity contribution in [3.8, 4) is 0 Å². The smallest absolute Gasteiger partial charge is 0.254 e. The van der Waals surface area contributed by atoms with Crippen LogP contribution in [0.2, 0.25) is 0 Å². The average molecular weight is 312 g/mol. The van der Waals surface area contributed by atoms with Crippen molar-refractivity contribution in [2.24, 2.45) is 0 Å². The van der Waals surface area contributed by atoms with E-state index in [0.717, 1.165) is 35.8 Å². The van der Waals surface area contributed by atoms with Gasteiger partial charge in [-0.05, 0) is 31.4 Å². The van der Waals surface area contributed by atoms with Crippen molar-refractivity contribution < 1.29 is 4.79 Å². The van der Waals surface area contributed by atoms with Gasteiger partial charge >= 0.3 is 0 Å². The number of benzene rings is 1. The third-order valence-electron chi connectivity index (χ3n) is 3.35. The van der Waals surface area contributed by atoms with Crippen LogP contribution in [0.4, 0.5) is 0 Å². The molecule has 0 aliphatic rings. The summed E-state index contributed by atoms with van der Waals surface area (Å²) in [6, 6.07) is 8.14. The summed E-state index contributed by atoms with van der Waals surface area (Å²) in [6.07, 6.45) is 2.00. The second-order valence-electron chi connectivity index (χ2n) is 4.47.